The van der Waals surface area contributed by atoms with Gasteiger partial charge in [-0.3, -0.25) is 14.4 Å². The molecule has 0 saturated heterocycles. The Morgan fingerprint density at radius 2 is 1.90 bits per heavy atom. The standard InChI is InChI=1S/C13H19N3O4/c1-7-9(11(20)16(5)6-8(17)18)10(19)15-12(14-7)13(2,3)4/h6H2,1-5H3,(H,17,18)(H,14,15,19). The van der Waals surface area contributed by atoms with Crippen LogP contribution in [0, 0.1) is 6.92 Å². The maximum absolute atomic E-state index is 12.1. The van der Waals surface area contributed by atoms with E-state index >= 15 is 0 Å². The molecular formula is C13H19N3O4. The maximum Gasteiger partial charge on any atom is 0.323 e. The molecular weight excluding hydrogens is 262 g/mol. The van der Waals surface area contributed by atoms with Crippen LogP contribution < -0.4 is 5.56 Å². The molecule has 0 bridgehead atoms. The first-order chi connectivity index (χ1) is 9.04. The Morgan fingerprint density at radius 3 is 2.30 bits per heavy atom. The smallest absolute Gasteiger partial charge is 0.323 e. The minimum atomic E-state index is -1.14. The Hall–Kier alpha value is -2.18. The fourth-order valence-corrected chi connectivity index (χ4v) is 1.66. The van der Waals surface area contributed by atoms with Gasteiger partial charge in [-0.1, -0.05) is 20.8 Å². The highest BCUT2D eigenvalue weighted by Gasteiger charge is 2.24. The van der Waals surface area contributed by atoms with E-state index in [0.717, 1.165) is 4.90 Å². The van der Waals surface area contributed by atoms with Crippen molar-refractivity contribution < 1.29 is 14.7 Å². The van der Waals surface area contributed by atoms with Gasteiger partial charge in [0.2, 0.25) is 0 Å². The SMILES string of the molecule is Cc1nc(C(C)(C)C)[nH]c(=O)c1C(=O)N(C)CC(=O)O. The van der Waals surface area contributed by atoms with Crippen molar-refractivity contribution in [2.24, 2.45) is 0 Å². The number of nitrogens with zero attached hydrogens (tertiary/aromatic N) is 2. The molecule has 0 atom stereocenters. The van der Waals surface area contributed by atoms with Crippen molar-refractivity contribution in [3.8, 4) is 0 Å². The fourth-order valence-electron chi connectivity index (χ4n) is 1.66. The minimum Gasteiger partial charge on any atom is -0.480 e. The number of carbonyl (C=O) groups is 2. The number of nitrogens with one attached hydrogen (secondary N) is 1. The van der Waals surface area contributed by atoms with Gasteiger partial charge >= 0.3 is 5.97 Å². The molecule has 1 aromatic rings. The number of carboxylic acids is 1. The van der Waals surface area contributed by atoms with E-state index in [0.29, 0.717) is 11.5 Å². The molecule has 0 fully saturated rings. The topological polar surface area (TPSA) is 103 Å². The number of carboxylic acid groups (broad SMARTS) is 1. The number of hydrogen-bond donors (Lipinski definition) is 2. The van der Waals surface area contributed by atoms with Gasteiger partial charge < -0.3 is 15.0 Å². The lowest BCUT2D eigenvalue weighted by Gasteiger charge is -2.19. The number of aromatic amines is 1. The van der Waals surface area contributed by atoms with Gasteiger partial charge in [0.15, 0.2) is 0 Å². The quantitative estimate of drug-likeness (QED) is 0.841. The molecule has 1 amide bonds. The third kappa shape index (κ3) is 3.43. The molecule has 0 aliphatic rings. The van der Waals surface area contributed by atoms with Crippen molar-refractivity contribution in [2.45, 2.75) is 33.1 Å². The summed E-state index contributed by atoms with van der Waals surface area (Å²) in [7, 11) is 1.33. The molecule has 0 aliphatic carbocycles. The van der Waals surface area contributed by atoms with Gasteiger partial charge in [-0.15, -0.1) is 0 Å². The first-order valence-corrected chi connectivity index (χ1v) is 6.12. The van der Waals surface area contributed by atoms with E-state index < -0.39 is 24.0 Å². The third-order valence-corrected chi connectivity index (χ3v) is 2.74. The molecule has 0 aliphatic heterocycles. The maximum atomic E-state index is 12.1. The fraction of sp³-hybridized carbons (Fsp3) is 0.538. The normalized spacial score (nSPS) is 11.2. The van der Waals surface area contributed by atoms with Gasteiger partial charge in [0.1, 0.15) is 17.9 Å². The van der Waals surface area contributed by atoms with Crippen LogP contribution in [0.5, 0.6) is 0 Å². The molecule has 7 nitrogen and oxygen atoms in total. The largest absolute Gasteiger partial charge is 0.480 e. The molecule has 2 N–H and O–H groups in total. The van der Waals surface area contributed by atoms with Crippen molar-refractivity contribution in [3.05, 3.63) is 27.4 Å². The van der Waals surface area contributed by atoms with Crippen molar-refractivity contribution in [1.29, 1.82) is 0 Å². The van der Waals surface area contributed by atoms with Crippen LogP contribution in [0.25, 0.3) is 0 Å². The highest BCUT2D eigenvalue weighted by Crippen LogP contribution is 2.17. The Kier molecular flexibility index (Phi) is 4.32. The van der Waals surface area contributed by atoms with E-state index in [1.54, 1.807) is 6.92 Å². The zero-order valence-corrected chi connectivity index (χ0v) is 12.3. The molecule has 0 spiro atoms. The Labute approximate surface area is 116 Å². The van der Waals surface area contributed by atoms with Gasteiger partial charge in [-0.05, 0) is 6.92 Å². The summed E-state index contributed by atoms with van der Waals surface area (Å²) in [6.07, 6.45) is 0. The van der Waals surface area contributed by atoms with Gasteiger partial charge in [-0.2, -0.15) is 0 Å². The summed E-state index contributed by atoms with van der Waals surface area (Å²) in [6.45, 7) is 6.76. The number of aromatic nitrogens is 2. The average Bonchev–Trinajstić information content (AvgIpc) is 2.25. The van der Waals surface area contributed by atoms with E-state index in [9.17, 15) is 14.4 Å². The lowest BCUT2D eigenvalue weighted by molar-refractivity contribution is -0.137. The monoisotopic (exact) mass is 281 g/mol. The number of H-pyrrole nitrogens is 1. The van der Waals surface area contributed by atoms with Gasteiger partial charge in [0.05, 0.1) is 5.69 Å². The summed E-state index contributed by atoms with van der Waals surface area (Å²) in [5, 5.41) is 8.67. The summed E-state index contributed by atoms with van der Waals surface area (Å²) in [5.41, 5.74) is -0.731. The average molecular weight is 281 g/mol. The molecule has 110 valence electrons. The number of hydrogen-bond acceptors (Lipinski definition) is 4. The van der Waals surface area contributed by atoms with E-state index in [2.05, 4.69) is 9.97 Å². The summed E-state index contributed by atoms with van der Waals surface area (Å²) in [6, 6.07) is 0. The van der Waals surface area contributed by atoms with Crippen LogP contribution in [0.2, 0.25) is 0 Å². The number of aryl methyl sites for hydroxylation is 1. The summed E-state index contributed by atoms with van der Waals surface area (Å²) < 4.78 is 0. The minimum absolute atomic E-state index is 0.123. The van der Waals surface area contributed by atoms with Crippen LogP contribution in [0.3, 0.4) is 0 Å². The number of carbonyl (C=O) groups excluding carboxylic acids is 1. The van der Waals surface area contributed by atoms with Crippen LogP contribution in [-0.2, 0) is 10.2 Å². The Balaban J connectivity index is 3.25. The number of likely N-dealkylation sites (N-methyl/N-ethyl adjacent to an activating group) is 1. The van der Waals surface area contributed by atoms with Crippen molar-refractivity contribution in [3.63, 3.8) is 0 Å². The zero-order chi connectivity index (χ0) is 15.7. The molecule has 7 heteroatoms. The molecule has 20 heavy (non-hydrogen) atoms. The zero-order valence-electron chi connectivity index (χ0n) is 12.3. The number of amides is 1. The van der Waals surface area contributed by atoms with Crippen LogP contribution in [0.15, 0.2) is 4.79 Å². The predicted octanol–water partition coefficient (Wildman–Crippen LogP) is 0.532. The summed E-state index contributed by atoms with van der Waals surface area (Å²) >= 11 is 0. The van der Waals surface area contributed by atoms with Gasteiger partial charge in [0, 0.05) is 12.5 Å². The Morgan fingerprint density at radius 1 is 1.35 bits per heavy atom. The summed E-state index contributed by atoms with van der Waals surface area (Å²) in [5.74, 6) is -1.31. The van der Waals surface area contributed by atoms with Gasteiger partial charge in [-0.25, -0.2) is 4.98 Å². The van der Waals surface area contributed by atoms with Gasteiger partial charge in [0.25, 0.3) is 11.5 Å². The van der Waals surface area contributed by atoms with E-state index in [-0.39, 0.29) is 11.0 Å². The second kappa shape index (κ2) is 5.44. The Bertz CT molecular complexity index is 599. The van der Waals surface area contributed by atoms with Crippen LogP contribution in [0.4, 0.5) is 0 Å². The van der Waals surface area contributed by atoms with Crippen molar-refractivity contribution >= 4 is 11.9 Å². The second-order valence-electron chi connectivity index (χ2n) is 5.68. The van der Waals surface area contributed by atoms with Crippen LogP contribution in [-0.4, -0.2) is 45.4 Å². The molecule has 0 radical (unpaired) electrons. The molecule has 0 saturated carbocycles. The second-order valence-corrected chi connectivity index (χ2v) is 5.68. The molecule has 1 rings (SSSR count). The molecule has 1 heterocycles. The number of rotatable bonds is 3. The first kappa shape index (κ1) is 15.9. The third-order valence-electron chi connectivity index (χ3n) is 2.74. The van der Waals surface area contributed by atoms with Crippen LogP contribution in [0.1, 0.15) is 42.6 Å². The van der Waals surface area contributed by atoms with E-state index in [1.165, 1.54) is 7.05 Å². The highest BCUT2D eigenvalue weighted by molar-refractivity contribution is 5.96. The van der Waals surface area contributed by atoms with Crippen molar-refractivity contribution in [2.75, 3.05) is 13.6 Å². The molecule has 0 aromatic carbocycles. The lowest BCUT2D eigenvalue weighted by Crippen LogP contribution is -2.37. The molecule has 0 unspecified atom stereocenters. The van der Waals surface area contributed by atoms with Crippen molar-refractivity contribution in [1.82, 2.24) is 14.9 Å². The van der Waals surface area contributed by atoms with E-state index in [4.69, 9.17) is 5.11 Å². The van der Waals surface area contributed by atoms with E-state index in [1.807, 2.05) is 20.8 Å². The first-order valence-electron chi connectivity index (χ1n) is 6.12. The highest BCUT2D eigenvalue weighted by atomic mass is 16.4. The lowest BCUT2D eigenvalue weighted by atomic mass is 9.95. The molecule has 1 aromatic heterocycles. The van der Waals surface area contributed by atoms with Crippen LogP contribution >= 0.6 is 0 Å². The number of aliphatic carboxylic acids is 1. The summed E-state index contributed by atoms with van der Waals surface area (Å²) in [4.78, 5) is 42.5. The predicted molar refractivity (Wildman–Crippen MR) is 72.9 cm³/mol.